The summed E-state index contributed by atoms with van der Waals surface area (Å²) in [5, 5.41) is 3.38. The molecule has 0 atom stereocenters. The van der Waals surface area contributed by atoms with Crippen molar-refractivity contribution in [3.8, 4) is 0 Å². The van der Waals surface area contributed by atoms with E-state index >= 15 is 0 Å². The zero-order valence-corrected chi connectivity index (χ0v) is 13.8. The summed E-state index contributed by atoms with van der Waals surface area (Å²) in [6.45, 7) is 15.9. The Morgan fingerprint density at radius 1 is 0.667 bits per heavy atom. The largest absolute Gasteiger partial charge is 0.735 e. The molecule has 0 aliphatic rings. The first-order valence-electron chi connectivity index (χ1n) is 6.56. The Morgan fingerprint density at radius 2 is 0.889 bits per heavy atom. The summed E-state index contributed by atoms with van der Waals surface area (Å²) in [4.78, 5) is 0. The van der Waals surface area contributed by atoms with Gasteiger partial charge in [-0.1, -0.05) is 0 Å². The SMILES string of the molecule is CC(C)N(O[P+](=O)ON(C(C)C)C(C)C)C(C)C. The molecular formula is C12H28N2O3P+. The van der Waals surface area contributed by atoms with Gasteiger partial charge in [0.1, 0.15) is 0 Å². The van der Waals surface area contributed by atoms with Gasteiger partial charge in [0.25, 0.3) is 0 Å². The molecule has 0 aromatic carbocycles. The normalized spacial score (nSPS) is 12.8. The molecule has 6 heteroatoms. The van der Waals surface area contributed by atoms with Crippen LogP contribution in [0.2, 0.25) is 0 Å². The molecule has 0 radical (unpaired) electrons. The van der Waals surface area contributed by atoms with Gasteiger partial charge in [0, 0.05) is 28.7 Å². The van der Waals surface area contributed by atoms with E-state index in [1.807, 2.05) is 55.4 Å². The summed E-state index contributed by atoms with van der Waals surface area (Å²) in [7, 11) is -2.19. The maximum atomic E-state index is 11.9. The van der Waals surface area contributed by atoms with E-state index in [4.69, 9.17) is 9.25 Å². The highest BCUT2D eigenvalue weighted by Gasteiger charge is 2.35. The minimum Gasteiger partial charge on any atom is -0.131 e. The number of nitrogens with zero attached hydrogens (tertiary/aromatic N) is 2. The van der Waals surface area contributed by atoms with Crippen LogP contribution in [0.1, 0.15) is 55.4 Å². The average molecular weight is 279 g/mol. The van der Waals surface area contributed by atoms with Gasteiger partial charge in [0.2, 0.25) is 0 Å². The Hall–Kier alpha value is -0.0600. The van der Waals surface area contributed by atoms with Crippen molar-refractivity contribution in [2.45, 2.75) is 79.6 Å². The average Bonchev–Trinajstić information content (AvgIpc) is 2.20. The Bertz CT molecular complexity index is 218. The van der Waals surface area contributed by atoms with Gasteiger partial charge in [0.05, 0.1) is 0 Å². The van der Waals surface area contributed by atoms with E-state index in [0.29, 0.717) is 0 Å². The monoisotopic (exact) mass is 279 g/mol. The van der Waals surface area contributed by atoms with E-state index in [1.54, 1.807) is 10.1 Å². The van der Waals surface area contributed by atoms with Crippen molar-refractivity contribution in [2.75, 3.05) is 0 Å². The van der Waals surface area contributed by atoms with Crippen molar-refractivity contribution >= 4 is 8.25 Å². The smallest absolute Gasteiger partial charge is 0.131 e. The maximum absolute atomic E-state index is 11.9. The van der Waals surface area contributed by atoms with Gasteiger partial charge < -0.3 is 0 Å². The van der Waals surface area contributed by atoms with Crippen LogP contribution in [-0.4, -0.2) is 34.3 Å². The first-order valence-corrected chi connectivity index (χ1v) is 7.66. The van der Waals surface area contributed by atoms with Gasteiger partial charge in [0.15, 0.2) is 0 Å². The molecule has 0 unspecified atom stereocenters. The molecule has 0 bridgehead atoms. The molecule has 0 aromatic heterocycles. The van der Waals surface area contributed by atoms with Crippen LogP contribution in [-0.2, 0) is 13.8 Å². The Balaban J connectivity index is 4.48. The van der Waals surface area contributed by atoms with Crippen molar-refractivity contribution in [1.82, 2.24) is 10.1 Å². The number of hydrogen-bond acceptors (Lipinski definition) is 5. The zero-order chi connectivity index (χ0) is 14.5. The molecule has 0 aliphatic carbocycles. The summed E-state index contributed by atoms with van der Waals surface area (Å²) in [5.74, 6) is 0. The molecule has 0 saturated carbocycles. The molecule has 0 heterocycles. The highest BCUT2D eigenvalue weighted by atomic mass is 31.1. The first-order chi connectivity index (χ1) is 8.16. The van der Waals surface area contributed by atoms with Crippen molar-refractivity contribution in [2.24, 2.45) is 0 Å². The van der Waals surface area contributed by atoms with Crippen LogP contribution >= 0.6 is 8.25 Å². The molecule has 108 valence electrons. The highest BCUT2D eigenvalue weighted by molar-refractivity contribution is 7.33. The lowest BCUT2D eigenvalue weighted by molar-refractivity contribution is -0.160. The molecule has 0 aliphatic heterocycles. The fourth-order valence-electron chi connectivity index (χ4n) is 1.74. The molecule has 0 fully saturated rings. The van der Waals surface area contributed by atoms with Gasteiger partial charge in [-0.2, -0.15) is 0 Å². The molecule has 0 aromatic rings. The first kappa shape index (κ1) is 17.9. The number of hydrogen-bond donors (Lipinski definition) is 0. The van der Waals surface area contributed by atoms with Crippen molar-refractivity contribution in [3.05, 3.63) is 0 Å². The summed E-state index contributed by atoms with van der Waals surface area (Å²) < 4.78 is 22.7. The molecule has 0 spiro atoms. The highest BCUT2D eigenvalue weighted by Crippen LogP contribution is 2.31. The van der Waals surface area contributed by atoms with Gasteiger partial charge in [-0.3, -0.25) is 0 Å². The summed E-state index contributed by atoms with van der Waals surface area (Å²) >= 11 is 0. The second-order valence-electron chi connectivity index (χ2n) is 5.48. The Kier molecular flexibility index (Phi) is 8.15. The predicted molar refractivity (Wildman–Crippen MR) is 74.0 cm³/mol. The molecule has 0 rings (SSSR count). The van der Waals surface area contributed by atoms with Crippen molar-refractivity contribution < 1.29 is 13.8 Å². The lowest BCUT2D eigenvalue weighted by Crippen LogP contribution is -2.38. The van der Waals surface area contributed by atoms with Gasteiger partial charge in [-0.05, 0) is 64.6 Å². The third kappa shape index (κ3) is 6.21. The van der Waals surface area contributed by atoms with Crippen LogP contribution in [0.15, 0.2) is 0 Å². The van der Waals surface area contributed by atoms with E-state index in [0.717, 1.165) is 0 Å². The number of hydroxylamine groups is 4. The minimum absolute atomic E-state index is 0.152. The summed E-state index contributed by atoms with van der Waals surface area (Å²) in [6.07, 6.45) is 0. The number of rotatable bonds is 8. The topological polar surface area (TPSA) is 42.0 Å². The van der Waals surface area contributed by atoms with Crippen LogP contribution in [0.5, 0.6) is 0 Å². The van der Waals surface area contributed by atoms with E-state index in [-0.39, 0.29) is 24.2 Å². The molecular weight excluding hydrogens is 251 g/mol. The fraction of sp³-hybridized carbons (Fsp3) is 1.00. The van der Waals surface area contributed by atoms with E-state index in [2.05, 4.69) is 0 Å². The van der Waals surface area contributed by atoms with Crippen molar-refractivity contribution in [3.63, 3.8) is 0 Å². The molecule has 0 N–H and O–H groups in total. The quantitative estimate of drug-likeness (QED) is 0.500. The second-order valence-corrected chi connectivity index (χ2v) is 6.26. The van der Waals surface area contributed by atoms with Gasteiger partial charge in [-0.15, -0.1) is 10.1 Å². The Labute approximate surface area is 112 Å². The molecule has 0 saturated heterocycles. The van der Waals surface area contributed by atoms with E-state index in [9.17, 15) is 4.57 Å². The lowest BCUT2D eigenvalue weighted by atomic mass is 10.3. The van der Waals surface area contributed by atoms with E-state index in [1.165, 1.54) is 0 Å². The van der Waals surface area contributed by atoms with Crippen LogP contribution < -0.4 is 0 Å². The third-order valence-corrected chi connectivity index (χ3v) is 3.00. The van der Waals surface area contributed by atoms with Gasteiger partial charge >= 0.3 is 8.25 Å². The lowest BCUT2D eigenvalue weighted by Gasteiger charge is -2.25. The van der Waals surface area contributed by atoms with Crippen LogP contribution in [0.25, 0.3) is 0 Å². The standard InChI is InChI=1S/C12H28N2O3P/c1-9(2)13(10(3)4)16-18(15)17-14(11(5)6)12(7)8/h9-12H,1-8H3/q+1. The third-order valence-electron chi connectivity index (χ3n) is 2.36. The van der Waals surface area contributed by atoms with Gasteiger partial charge in [-0.25, -0.2) is 0 Å². The van der Waals surface area contributed by atoms with Crippen LogP contribution in [0.4, 0.5) is 0 Å². The maximum Gasteiger partial charge on any atom is 0.735 e. The Morgan fingerprint density at radius 3 is 1.06 bits per heavy atom. The molecule has 5 nitrogen and oxygen atoms in total. The van der Waals surface area contributed by atoms with Crippen LogP contribution in [0.3, 0.4) is 0 Å². The molecule has 18 heavy (non-hydrogen) atoms. The van der Waals surface area contributed by atoms with Crippen LogP contribution in [0, 0.1) is 0 Å². The van der Waals surface area contributed by atoms with Crippen molar-refractivity contribution in [1.29, 1.82) is 0 Å². The minimum atomic E-state index is -2.19. The predicted octanol–water partition coefficient (Wildman–Crippen LogP) is 3.74. The fourth-order valence-corrected chi connectivity index (χ4v) is 2.83. The zero-order valence-electron chi connectivity index (χ0n) is 12.9. The summed E-state index contributed by atoms with van der Waals surface area (Å²) in [5.41, 5.74) is 0. The summed E-state index contributed by atoms with van der Waals surface area (Å²) in [6, 6.07) is 0.608. The molecule has 0 amide bonds. The second kappa shape index (κ2) is 8.18. The van der Waals surface area contributed by atoms with E-state index < -0.39 is 8.25 Å².